The summed E-state index contributed by atoms with van der Waals surface area (Å²) < 4.78 is 9.95. The lowest BCUT2D eigenvalue weighted by molar-refractivity contribution is -0.121. The van der Waals surface area contributed by atoms with Crippen LogP contribution in [0, 0.1) is 0 Å². The monoisotopic (exact) mass is 385 g/mol. The van der Waals surface area contributed by atoms with Gasteiger partial charge in [0.2, 0.25) is 11.7 Å². The first kappa shape index (κ1) is 19.0. The van der Waals surface area contributed by atoms with Gasteiger partial charge in [-0.25, -0.2) is 0 Å². The van der Waals surface area contributed by atoms with E-state index >= 15 is 0 Å². The van der Waals surface area contributed by atoms with Crippen molar-refractivity contribution < 1.29 is 23.9 Å². The maximum Gasteiger partial charge on any atom is 0.286 e. The third kappa shape index (κ3) is 4.31. The van der Waals surface area contributed by atoms with E-state index in [9.17, 15) is 14.4 Å². The minimum atomic E-state index is -0.806. The van der Waals surface area contributed by atoms with Crippen LogP contribution in [0.15, 0.2) is 48.5 Å². The van der Waals surface area contributed by atoms with Crippen molar-refractivity contribution in [2.24, 2.45) is 0 Å². The minimum absolute atomic E-state index is 0.107. The van der Waals surface area contributed by atoms with E-state index in [1.807, 2.05) is 12.1 Å². The molecule has 2 amide bonds. The fourth-order valence-electron chi connectivity index (χ4n) is 2.81. The zero-order chi connectivity index (χ0) is 19.4. The molecule has 2 aromatic carbocycles. The number of methoxy groups -OCH3 is 1. The molecule has 7 heteroatoms. The maximum atomic E-state index is 12.3. The molecule has 0 spiro atoms. The molecule has 1 N–H and O–H groups in total. The summed E-state index contributed by atoms with van der Waals surface area (Å²) in [7, 11) is 1.52. The SMILES string of the molecule is COc1ccccc1C(=O)COc1ccc(C[C@@]2(C)SC(=O)NC2=O)cc1. The quantitative estimate of drug-likeness (QED) is 0.737. The highest BCUT2D eigenvalue weighted by Gasteiger charge is 2.43. The first-order valence-electron chi connectivity index (χ1n) is 8.34. The van der Waals surface area contributed by atoms with Crippen molar-refractivity contribution in [1.29, 1.82) is 0 Å². The highest BCUT2D eigenvalue weighted by Crippen LogP contribution is 2.34. The third-order valence-corrected chi connectivity index (χ3v) is 5.32. The van der Waals surface area contributed by atoms with Crippen LogP contribution in [0.25, 0.3) is 0 Å². The number of carbonyl (C=O) groups is 3. The molecular weight excluding hydrogens is 366 g/mol. The zero-order valence-electron chi connectivity index (χ0n) is 15.0. The molecule has 3 rings (SSSR count). The van der Waals surface area contributed by atoms with Gasteiger partial charge in [-0.3, -0.25) is 19.7 Å². The number of para-hydroxylation sites is 1. The zero-order valence-corrected chi connectivity index (χ0v) is 15.8. The van der Waals surface area contributed by atoms with Crippen LogP contribution in [0.1, 0.15) is 22.8 Å². The van der Waals surface area contributed by atoms with E-state index in [0.717, 1.165) is 17.3 Å². The first-order valence-corrected chi connectivity index (χ1v) is 9.15. The van der Waals surface area contributed by atoms with E-state index in [1.54, 1.807) is 43.3 Å². The Kier molecular flexibility index (Phi) is 5.51. The van der Waals surface area contributed by atoms with Gasteiger partial charge in [-0.1, -0.05) is 24.3 Å². The van der Waals surface area contributed by atoms with Gasteiger partial charge in [-0.05, 0) is 54.9 Å². The number of benzene rings is 2. The molecule has 0 saturated carbocycles. The molecule has 2 aromatic rings. The second-order valence-corrected chi connectivity index (χ2v) is 7.78. The summed E-state index contributed by atoms with van der Waals surface area (Å²) in [6, 6.07) is 14.1. The highest BCUT2D eigenvalue weighted by atomic mass is 32.2. The number of ketones is 1. The predicted octanol–water partition coefficient (Wildman–Crippen LogP) is 3.24. The lowest BCUT2D eigenvalue weighted by Crippen LogP contribution is -2.35. The van der Waals surface area contributed by atoms with Crippen LogP contribution >= 0.6 is 11.8 Å². The average molecular weight is 385 g/mol. The van der Waals surface area contributed by atoms with Gasteiger partial charge < -0.3 is 9.47 Å². The number of imide groups is 1. The van der Waals surface area contributed by atoms with E-state index in [4.69, 9.17) is 9.47 Å². The molecule has 1 saturated heterocycles. The summed E-state index contributed by atoms with van der Waals surface area (Å²) in [6.07, 6.45) is 0.426. The van der Waals surface area contributed by atoms with Gasteiger partial charge in [-0.15, -0.1) is 0 Å². The van der Waals surface area contributed by atoms with Gasteiger partial charge in [-0.2, -0.15) is 0 Å². The van der Waals surface area contributed by atoms with Gasteiger partial charge in [0.25, 0.3) is 5.24 Å². The normalized spacial score (nSPS) is 18.9. The Morgan fingerprint density at radius 3 is 2.44 bits per heavy atom. The maximum absolute atomic E-state index is 12.3. The van der Waals surface area contributed by atoms with Gasteiger partial charge in [0.15, 0.2) is 6.61 Å². The molecule has 0 bridgehead atoms. The molecule has 140 valence electrons. The molecular formula is C20H19NO5S. The van der Waals surface area contributed by atoms with Gasteiger partial charge >= 0.3 is 0 Å². The third-order valence-electron chi connectivity index (χ3n) is 4.26. The Morgan fingerprint density at radius 1 is 1.11 bits per heavy atom. The van der Waals surface area contributed by atoms with Crippen molar-refractivity contribution in [3.8, 4) is 11.5 Å². The van der Waals surface area contributed by atoms with E-state index in [-0.39, 0.29) is 23.5 Å². The Balaban J connectivity index is 1.60. The standard InChI is InChI=1S/C20H19NO5S/c1-20(18(23)21-19(24)27-20)11-13-7-9-14(10-8-13)26-12-16(22)15-5-3-4-6-17(15)25-2/h3-10H,11-12H2,1-2H3,(H,21,23,24)/t20-/m1/s1. The van der Waals surface area contributed by atoms with Crippen molar-refractivity contribution >= 4 is 28.7 Å². The minimum Gasteiger partial charge on any atom is -0.496 e. The molecule has 1 aliphatic rings. The number of hydrogen-bond acceptors (Lipinski definition) is 6. The van der Waals surface area contributed by atoms with E-state index in [0.29, 0.717) is 23.5 Å². The smallest absolute Gasteiger partial charge is 0.286 e. The van der Waals surface area contributed by atoms with Crippen LogP contribution in [0.4, 0.5) is 4.79 Å². The number of nitrogens with one attached hydrogen (secondary N) is 1. The second-order valence-electron chi connectivity index (χ2n) is 6.31. The van der Waals surface area contributed by atoms with Crippen LogP contribution in [0.5, 0.6) is 11.5 Å². The molecule has 1 aliphatic heterocycles. The molecule has 27 heavy (non-hydrogen) atoms. The van der Waals surface area contributed by atoms with Gasteiger partial charge in [0, 0.05) is 0 Å². The van der Waals surface area contributed by atoms with Crippen molar-refractivity contribution in [3.05, 3.63) is 59.7 Å². The van der Waals surface area contributed by atoms with Crippen LogP contribution < -0.4 is 14.8 Å². The fraction of sp³-hybridized carbons (Fsp3) is 0.250. The number of hydrogen-bond donors (Lipinski definition) is 1. The van der Waals surface area contributed by atoms with E-state index in [1.165, 1.54) is 7.11 Å². The summed E-state index contributed by atoms with van der Waals surface area (Å²) >= 11 is 1.00. The molecule has 1 atom stereocenters. The number of ether oxygens (including phenoxy) is 2. The van der Waals surface area contributed by atoms with Gasteiger partial charge in [0.05, 0.1) is 12.7 Å². The lowest BCUT2D eigenvalue weighted by Gasteiger charge is -2.18. The Hall–Kier alpha value is -2.80. The molecule has 0 aromatic heterocycles. The largest absolute Gasteiger partial charge is 0.496 e. The van der Waals surface area contributed by atoms with Crippen LogP contribution in [-0.2, 0) is 11.2 Å². The average Bonchev–Trinajstić information content (AvgIpc) is 2.92. The molecule has 6 nitrogen and oxygen atoms in total. The van der Waals surface area contributed by atoms with Crippen molar-refractivity contribution in [3.63, 3.8) is 0 Å². The van der Waals surface area contributed by atoms with Crippen LogP contribution in [-0.4, -0.2) is 35.4 Å². The second kappa shape index (κ2) is 7.84. The molecule has 0 radical (unpaired) electrons. The Bertz CT molecular complexity index is 880. The molecule has 0 unspecified atom stereocenters. The Labute approximate surface area is 161 Å². The number of amides is 2. The van der Waals surface area contributed by atoms with Gasteiger partial charge in [0.1, 0.15) is 16.2 Å². The fourth-order valence-corrected chi connectivity index (χ4v) is 3.75. The summed E-state index contributed by atoms with van der Waals surface area (Å²) in [5.74, 6) is 0.602. The Morgan fingerprint density at radius 2 is 1.81 bits per heavy atom. The molecule has 0 aliphatic carbocycles. The lowest BCUT2D eigenvalue weighted by atomic mass is 9.99. The van der Waals surface area contributed by atoms with E-state index in [2.05, 4.69) is 5.32 Å². The van der Waals surface area contributed by atoms with Crippen molar-refractivity contribution in [2.75, 3.05) is 13.7 Å². The van der Waals surface area contributed by atoms with Crippen LogP contribution in [0.2, 0.25) is 0 Å². The van der Waals surface area contributed by atoms with E-state index < -0.39 is 4.75 Å². The number of Topliss-reactive ketones (excluding diaryl/α,β-unsaturated/α-hetero) is 1. The summed E-state index contributed by atoms with van der Waals surface area (Å²) in [5, 5.41) is 1.99. The predicted molar refractivity (Wildman–Crippen MR) is 103 cm³/mol. The highest BCUT2D eigenvalue weighted by molar-refractivity contribution is 8.16. The van der Waals surface area contributed by atoms with Crippen molar-refractivity contribution in [2.45, 2.75) is 18.1 Å². The summed E-state index contributed by atoms with van der Waals surface area (Å²) in [6.45, 7) is 1.64. The molecule has 1 heterocycles. The molecule has 1 fully saturated rings. The summed E-state index contributed by atoms with van der Waals surface area (Å²) in [4.78, 5) is 35.6. The first-order chi connectivity index (χ1) is 12.9. The topological polar surface area (TPSA) is 81.7 Å². The number of thioether (sulfide) groups is 1. The van der Waals surface area contributed by atoms with Crippen LogP contribution in [0.3, 0.4) is 0 Å². The summed E-state index contributed by atoms with van der Waals surface area (Å²) in [5.41, 5.74) is 1.37. The number of carbonyl (C=O) groups excluding carboxylic acids is 3. The van der Waals surface area contributed by atoms with Crippen molar-refractivity contribution in [1.82, 2.24) is 5.32 Å². The number of rotatable bonds is 7.